The average molecular weight is 180 g/mol. The molecule has 1 atom stereocenters. The molecule has 1 unspecified atom stereocenters. The van der Waals surface area contributed by atoms with Crippen LogP contribution < -0.4 is 0 Å². The lowest BCUT2D eigenvalue weighted by Gasteiger charge is -2.06. The van der Waals surface area contributed by atoms with Crippen LogP contribution in [-0.2, 0) is 13.6 Å². The van der Waals surface area contributed by atoms with Gasteiger partial charge in [0.25, 0.3) is 0 Å². The molecule has 0 saturated carbocycles. The first-order valence-corrected chi connectivity index (χ1v) is 4.64. The first kappa shape index (κ1) is 10.8. The van der Waals surface area contributed by atoms with Gasteiger partial charge in [0, 0.05) is 7.11 Å². The van der Waals surface area contributed by atoms with E-state index in [1.54, 1.807) is 6.08 Å². The van der Waals surface area contributed by atoms with Crippen molar-refractivity contribution in [2.45, 2.75) is 13.8 Å². The fraction of sp³-hybridized carbons (Fsp3) is 0.667. The summed E-state index contributed by atoms with van der Waals surface area (Å²) in [5.74, 6) is 0. The predicted octanol–water partition coefficient (Wildman–Crippen LogP) is 1.72. The van der Waals surface area contributed by atoms with Gasteiger partial charge in [0.1, 0.15) is 0 Å². The van der Waals surface area contributed by atoms with E-state index in [1.165, 1.54) is 0 Å². The Hall–Kier alpha value is -0.150. The molecule has 0 rings (SSSR count). The molecule has 0 aromatic carbocycles. The Balaban J connectivity index is 3.72. The molecule has 0 fully saturated rings. The van der Waals surface area contributed by atoms with Crippen molar-refractivity contribution in [1.82, 2.24) is 0 Å². The summed E-state index contributed by atoms with van der Waals surface area (Å²) in [5.41, 5.74) is 1.03. The van der Waals surface area contributed by atoms with Crippen molar-refractivity contribution in [3.05, 3.63) is 11.6 Å². The molecule has 0 amide bonds. The zero-order chi connectivity index (χ0) is 8.91. The standard InChI is InChI=1S/C6H13O4P/c1-6(2)4-5-10-11(7,8)9-3/h4H,5H2,1-3H3,(H,7,8). The third-order valence-electron chi connectivity index (χ3n) is 0.960. The predicted molar refractivity (Wildman–Crippen MR) is 42.2 cm³/mol. The second kappa shape index (κ2) is 4.67. The molecule has 1 N–H and O–H groups in total. The van der Waals surface area contributed by atoms with Crippen LogP contribution in [0, 0.1) is 0 Å². The highest BCUT2D eigenvalue weighted by Crippen LogP contribution is 2.41. The topological polar surface area (TPSA) is 55.8 Å². The highest BCUT2D eigenvalue weighted by atomic mass is 31.2. The molecular formula is C6H13O4P. The maximum atomic E-state index is 10.6. The summed E-state index contributed by atoms with van der Waals surface area (Å²) in [7, 11) is -2.65. The third kappa shape index (κ3) is 6.26. The zero-order valence-corrected chi connectivity index (χ0v) is 7.80. The first-order chi connectivity index (χ1) is 4.98. The van der Waals surface area contributed by atoms with Gasteiger partial charge in [-0.05, 0) is 13.8 Å². The second-order valence-electron chi connectivity index (χ2n) is 2.23. The van der Waals surface area contributed by atoms with E-state index in [-0.39, 0.29) is 6.61 Å². The van der Waals surface area contributed by atoms with Crippen LogP contribution in [-0.4, -0.2) is 18.6 Å². The van der Waals surface area contributed by atoms with E-state index < -0.39 is 7.82 Å². The monoisotopic (exact) mass is 180 g/mol. The van der Waals surface area contributed by atoms with Gasteiger partial charge >= 0.3 is 7.82 Å². The van der Waals surface area contributed by atoms with E-state index in [1.807, 2.05) is 13.8 Å². The van der Waals surface area contributed by atoms with Gasteiger partial charge in [-0.2, -0.15) is 0 Å². The number of rotatable bonds is 4. The number of hydrogen-bond acceptors (Lipinski definition) is 3. The van der Waals surface area contributed by atoms with Gasteiger partial charge in [-0.3, -0.25) is 9.05 Å². The number of phosphoric ester groups is 1. The maximum Gasteiger partial charge on any atom is 0.472 e. The lowest BCUT2D eigenvalue weighted by atomic mass is 10.3. The fourth-order valence-corrected chi connectivity index (χ4v) is 0.719. The summed E-state index contributed by atoms with van der Waals surface area (Å²) in [4.78, 5) is 8.72. The van der Waals surface area contributed by atoms with Crippen LogP contribution in [0.4, 0.5) is 0 Å². The lowest BCUT2D eigenvalue weighted by molar-refractivity contribution is 0.188. The van der Waals surface area contributed by atoms with E-state index in [2.05, 4.69) is 9.05 Å². The number of allylic oxidation sites excluding steroid dienone is 1. The third-order valence-corrected chi connectivity index (χ3v) is 1.90. The molecule has 66 valence electrons. The molecule has 0 radical (unpaired) electrons. The molecule has 0 bridgehead atoms. The van der Waals surface area contributed by atoms with Crippen LogP contribution in [0.1, 0.15) is 13.8 Å². The minimum atomic E-state index is -3.77. The van der Waals surface area contributed by atoms with Gasteiger partial charge in [-0.25, -0.2) is 4.57 Å². The Morgan fingerprint density at radius 3 is 2.55 bits per heavy atom. The van der Waals surface area contributed by atoms with E-state index in [0.717, 1.165) is 12.7 Å². The highest BCUT2D eigenvalue weighted by Gasteiger charge is 2.16. The summed E-state index contributed by atoms with van der Waals surface area (Å²) in [6.45, 7) is 3.85. The van der Waals surface area contributed by atoms with Gasteiger partial charge in [0.15, 0.2) is 0 Å². The van der Waals surface area contributed by atoms with Crippen LogP contribution in [0.2, 0.25) is 0 Å². The van der Waals surface area contributed by atoms with E-state index in [9.17, 15) is 4.57 Å². The van der Waals surface area contributed by atoms with Crippen LogP contribution in [0.25, 0.3) is 0 Å². The Labute approximate surface area is 66.4 Å². The summed E-state index contributed by atoms with van der Waals surface area (Å²) in [5, 5.41) is 0. The molecule has 0 heterocycles. The number of phosphoric acid groups is 1. The molecule has 0 aromatic rings. The van der Waals surface area contributed by atoms with Gasteiger partial charge < -0.3 is 4.89 Å². The van der Waals surface area contributed by atoms with Crippen LogP contribution in [0.3, 0.4) is 0 Å². The van der Waals surface area contributed by atoms with E-state index in [4.69, 9.17) is 4.89 Å². The Morgan fingerprint density at radius 2 is 2.18 bits per heavy atom. The molecule has 4 nitrogen and oxygen atoms in total. The van der Waals surface area contributed by atoms with Crippen molar-refractivity contribution in [1.29, 1.82) is 0 Å². The Morgan fingerprint density at radius 1 is 1.64 bits per heavy atom. The highest BCUT2D eigenvalue weighted by molar-refractivity contribution is 7.47. The Kier molecular flexibility index (Phi) is 4.61. The molecule has 11 heavy (non-hydrogen) atoms. The van der Waals surface area contributed by atoms with Crippen molar-refractivity contribution in [3.63, 3.8) is 0 Å². The molecule has 0 spiro atoms. The van der Waals surface area contributed by atoms with Crippen molar-refractivity contribution in [2.75, 3.05) is 13.7 Å². The van der Waals surface area contributed by atoms with Gasteiger partial charge in [-0.1, -0.05) is 11.6 Å². The molecular weight excluding hydrogens is 167 g/mol. The Bertz CT molecular complexity index is 183. The van der Waals surface area contributed by atoms with E-state index in [0.29, 0.717) is 0 Å². The molecule has 0 aromatic heterocycles. The summed E-state index contributed by atoms with van der Waals surface area (Å²) in [6, 6.07) is 0. The van der Waals surface area contributed by atoms with Crippen molar-refractivity contribution >= 4 is 7.82 Å². The largest absolute Gasteiger partial charge is 0.472 e. The molecule has 0 aliphatic heterocycles. The van der Waals surface area contributed by atoms with E-state index >= 15 is 0 Å². The zero-order valence-electron chi connectivity index (χ0n) is 6.90. The van der Waals surface area contributed by atoms with Crippen LogP contribution in [0.5, 0.6) is 0 Å². The maximum absolute atomic E-state index is 10.6. The molecule has 0 saturated heterocycles. The van der Waals surface area contributed by atoms with Gasteiger partial charge in [-0.15, -0.1) is 0 Å². The van der Waals surface area contributed by atoms with Gasteiger partial charge in [0.2, 0.25) is 0 Å². The lowest BCUT2D eigenvalue weighted by Crippen LogP contribution is -1.91. The summed E-state index contributed by atoms with van der Waals surface area (Å²) in [6.07, 6.45) is 1.70. The minimum Gasteiger partial charge on any atom is -0.302 e. The molecule has 0 aliphatic rings. The van der Waals surface area contributed by atoms with Crippen molar-refractivity contribution in [2.24, 2.45) is 0 Å². The quantitative estimate of drug-likeness (QED) is 0.528. The molecule has 5 heteroatoms. The minimum absolute atomic E-state index is 0.101. The van der Waals surface area contributed by atoms with Gasteiger partial charge in [0.05, 0.1) is 6.61 Å². The molecule has 0 aliphatic carbocycles. The fourth-order valence-electron chi connectivity index (χ4n) is 0.351. The smallest absolute Gasteiger partial charge is 0.302 e. The van der Waals surface area contributed by atoms with Crippen LogP contribution >= 0.6 is 7.82 Å². The van der Waals surface area contributed by atoms with Crippen LogP contribution in [0.15, 0.2) is 11.6 Å². The van der Waals surface area contributed by atoms with Crippen molar-refractivity contribution in [3.8, 4) is 0 Å². The summed E-state index contributed by atoms with van der Waals surface area (Å²) < 4.78 is 19.3. The number of hydrogen-bond donors (Lipinski definition) is 1. The first-order valence-electron chi connectivity index (χ1n) is 3.14. The summed E-state index contributed by atoms with van der Waals surface area (Å²) >= 11 is 0. The average Bonchev–Trinajstić information content (AvgIpc) is 1.87. The van der Waals surface area contributed by atoms with Crippen molar-refractivity contribution < 1.29 is 18.5 Å². The SMILES string of the molecule is COP(=O)(O)OCC=C(C)C. The second-order valence-corrected chi connectivity index (χ2v) is 3.79. The normalized spacial score (nSPS) is 15.6.